The van der Waals surface area contributed by atoms with Crippen molar-refractivity contribution in [3.63, 3.8) is 0 Å². The van der Waals surface area contributed by atoms with E-state index in [4.69, 9.17) is 10.2 Å². The van der Waals surface area contributed by atoms with Crippen molar-refractivity contribution < 1.29 is 19.8 Å². The molecule has 0 aromatic heterocycles. The van der Waals surface area contributed by atoms with E-state index in [9.17, 15) is 9.59 Å². The molecule has 0 heterocycles. The summed E-state index contributed by atoms with van der Waals surface area (Å²) in [5.74, 6) is -1.99. The molecule has 4 heteroatoms. The van der Waals surface area contributed by atoms with Crippen LogP contribution in [0.25, 0.3) is 11.1 Å². The average molecular weight is 216 g/mol. The van der Waals surface area contributed by atoms with Gasteiger partial charge in [-0.1, -0.05) is 12.1 Å². The second kappa shape index (κ2) is 3.66. The first kappa shape index (κ1) is 10.2. The van der Waals surface area contributed by atoms with E-state index in [-0.39, 0.29) is 11.1 Å². The molecule has 0 aromatic rings. The SMILES string of the molecule is O=C(O)c1ccc2cc(C(=O)O)cc-2cc1. The predicted molar refractivity (Wildman–Crippen MR) is 57.0 cm³/mol. The van der Waals surface area contributed by atoms with E-state index in [2.05, 4.69) is 0 Å². The quantitative estimate of drug-likeness (QED) is 0.806. The fraction of sp³-hybridized carbons (Fsp3) is 0. The van der Waals surface area contributed by atoms with Gasteiger partial charge >= 0.3 is 11.9 Å². The molecule has 0 radical (unpaired) electrons. The van der Waals surface area contributed by atoms with Gasteiger partial charge in [0.25, 0.3) is 0 Å². The summed E-state index contributed by atoms with van der Waals surface area (Å²) in [7, 11) is 0. The van der Waals surface area contributed by atoms with Gasteiger partial charge in [-0.25, -0.2) is 9.59 Å². The van der Waals surface area contributed by atoms with Crippen molar-refractivity contribution in [3.05, 3.63) is 47.5 Å². The number of aromatic carboxylic acids is 2. The Morgan fingerprint density at radius 2 is 1.19 bits per heavy atom. The van der Waals surface area contributed by atoms with Crippen molar-refractivity contribution >= 4 is 11.9 Å². The summed E-state index contributed by atoms with van der Waals surface area (Å²) in [5.41, 5.74) is 1.81. The number of carboxylic acid groups (broad SMARTS) is 2. The summed E-state index contributed by atoms with van der Waals surface area (Å²) in [6, 6.07) is 9.15. The van der Waals surface area contributed by atoms with E-state index >= 15 is 0 Å². The maximum Gasteiger partial charge on any atom is 0.335 e. The normalized spacial score (nSPS) is 10.2. The van der Waals surface area contributed by atoms with Crippen LogP contribution in [0.5, 0.6) is 0 Å². The minimum Gasteiger partial charge on any atom is -0.478 e. The first-order chi connectivity index (χ1) is 7.58. The lowest BCUT2D eigenvalue weighted by molar-refractivity contribution is 0.0686. The Balaban J connectivity index is 2.57. The van der Waals surface area contributed by atoms with Gasteiger partial charge in [-0.05, 0) is 35.4 Å². The molecule has 0 amide bonds. The van der Waals surface area contributed by atoms with E-state index in [0.29, 0.717) is 11.1 Å². The summed E-state index contributed by atoms with van der Waals surface area (Å²) in [6.45, 7) is 0. The smallest absolute Gasteiger partial charge is 0.335 e. The lowest BCUT2D eigenvalue weighted by Gasteiger charge is -1.85. The van der Waals surface area contributed by atoms with Crippen LogP contribution < -0.4 is 0 Å². The summed E-state index contributed by atoms with van der Waals surface area (Å²) >= 11 is 0. The monoisotopic (exact) mass is 216 g/mol. The lowest BCUT2D eigenvalue weighted by atomic mass is 10.2. The third-order valence-electron chi connectivity index (χ3n) is 2.33. The van der Waals surface area contributed by atoms with E-state index in [1.54, 1.807) is 12.1 Å². The van der Waals surface area contributed by atoms with E-state index in [0.717, 1.165) is 0 Å². The van der Waals surface area contributed by atoms with Crippen molar-refractivity contribution in [2.45, 2.75) is 0 Å². The second-order valence-corrected chi connectivity index (χ2v) is 3.39. The number of fused-ring (bicyclic) bond motifs is 1. The third-order valence-corrected chi connectivity index (χ3v) is 2.33. The maximum atomic E-state index is 10.7. The highest BCUT2D eigenvalue weighted by Gasteiger charge is 2.11. The Morgan fingerprint density at radius 3 is 1.56 bits per heavy atom. The Bertz CT molecular complexity index is 499. The van der Waals surface area contributed by atoms with Crippen LogP contribution in [0.4, 0.5) is 0 Å². The Labute approximate surface area is 91.1 Å². The molecular weight excluding hydrogens is 208 g/mol. The van der Waals surface area contributed by atoms with Crippen molar-refractivity contribution in [2.75, 3.05) is 0 Å². The molecular formula is C12H8O4. The average Bonchev–Trinajstić information content (AvgIpc) is 2.52. The molecule has 2 aliphatic rings. The maximum absolute atomic E-state index is 10.7. The largest absolute Gasteiger partial charge is 0.478 e. The molecule has 2 N–H and O–H groups in total. The zero-order chi connectivity index (χ0) is 11.7. The number of carbonyl (C=O) groups is 2. The van der Waals surface area contributed by atoms with E-state index in [1.807, 2.05) is 0 Å². The Morgan fingerprint density at radius 1 is 0.750 bits per heavy atom. The molecule has 80 valence electrons. The summed E-state index contributed by atoms with van der Waals surface area (Å²) < 4.78 is 0. The number of hydrogen-bond donors (Lipinski definition) is 2. The summed E-state index contributed by atoms with van der Waals surface area (Å²) in [4.78, 5) is 21.5. The van der Waals surface area contributed by atoms with Crippen LogP contribution in [0.1, 0.15) is 20.7 Å². The number of hydrogen-bond acceptors (Lipinski definition) is 2. The van der Waals surface area contributed by atoms with Gasteiger partial charge in [-0.3, -0.25) is 0 Å². The van der Waals surface area contributed by atoms with Gasteiger partial charge in [0.05, 0.1) is 11.1 Å². The highest BCUT2D eigenvalue weighted by atomic mass is 16.4. The predicted octanol–water partition coefficient (Wildman–Crippen LogP) is 2.19. The highest BCUT2D eigenvalue weighted by Crippen LogP contribution is 2.25. The standard InChI is InChI=1S/C12H8O4/c13-11(14)7-1-3-8-5-10(12(15)16)6-9(8)4-2-7/h1-6H,(H,13,14)(H,15,16). The minimum atomic E-state index is -1.00. The van der Waals surface area contributed by atoms with Gasteiger partial charge in [0.1, 0.15) is 0 Å². The van der Waals surface area contributed by atoms with Crippen LogP contribution in [0.15, 0.2) is 36.4 Å². The molecule has 0 saturated carbocycles. The highest BCUT2D eigenvalue weighted by molar-refractivity contribution is 5.93. The third kappa shape index (κ3) is 1.72. The summed E-state index contributed by atoms with van der Waals surface area (Å²) in [6.07, 6.45) is 0. The summed E-state index contributed by atoms with van der Waals surface area (Å²) in [5, 5.41) is 17.6. The van der Waals surface area contributed by atoms with Crippen molar-refractivity contribution in [1.29, 1.82) is 0 Å². The zero-order valence-corrected chi connectivity index (χ0v) is 8.18. The van der Waals surface area contributed by atoms with Crippen molar-refractivity contribution in [3.8, 4) is 11.1 Å². The van der Waals surface area contributed by atoms with E-state index in [1.165, 1.54) is 24.3 Å². The molecule has 0 saturated heterocycles. The molecule has 0 fully saturated rings. The van der Waals surface area contributed by atoms with Gasteiger partial charge in [-0.15, -0.1) is 0 Å². The molecule has 2 aliphatic carbocycles. The van der Waals surface area contributed by atoms with Crippen LogP contribution >= 0.6 is 0 Å². The fourth-order valence-electron chi connectivity index (χ4n) is 1.51. The molecule has 4 nitrogen and oxygen atoms in total. The fourth-order valence-corrected chi connectivity index (χ4v) is 1.51. The number of rotatable bonds is 2. The zero-order valence-electron chi connectivity index (χ0n) is 8.18. The first-order valence-corrected chi connectivity index (χ1v) is 4.58. The second-order valence-electron chi connectivity index (χ2n) is 3.39. The van der Waals surface area contributed by atoms with Crippen molar-refractivity contribution in [2.24, 2.45) is 0 Å². The van der Waals surface area contributed by atoms with Crippen molar-refractivity contribution in [1.82, 2.24) is 0 Å². The Kier molecular flexibility index (Phi) is 2.32. The number of carboxylic acids is 2. The molecule has 0 unspecified atom stereocenters. The van der Waals surface area contributed by atoms with Gasteiger partial charge in [-0.2, -0.15) is 0 Å². The van der Waals surface area contributed by atoms with Crippen LogP contribution in [-0.2, 0) is 0 Å². The minimum absolute atomic E-state index is 0.174. The van der Waals surface area contributed by atoms with E-state index < -0.39 is 11.9 Å². The van der Waals surface area contributed by atoms with Gasteiger partial charge in [0.2, 0.25) is 0 Å². The molecule has 0 atom stereocenters. The molecule has 2 rings (SSSR count). The topological polar surface area (TPSA) is 74.6 Å². The molecule has 16 heavy (non-hydrogen) atoms. The van der Waals surface area contributed by atoms with Crippen LogP contribution in [0.2, 0.25) is 0 Å². The molecule has 0 aromatic carbocycles. The van der Waals surface area contributed by atoms with Gasteiger partial charge in [0, 0.05) is 0 Å². The van der Waals surface area contributed by atoms with Crippen LogP contribution in [-0.4, -0.2) is 22.2 Å². The molecule has 0 spiro atoms. The Hall–Kier alpha value is -2.36. The van der Waals surface area contributed by atoms with Gasteiger partial charge in [0.15, 0.2) is 0 Å². The lowest BCUT2D eigenvalue weighted by Crippen LogP contribution is -1.92. The molecule has 0 aliphatic heterocycles. The molecule has 0 bridgehead atoms. The first-order valence-electron chi connectivity index (χ1n) is 4.58. The van der Waals surface area contributed by atoms with Gasteiger partial charge < -0.3 is 10.2 Å². The van der Waals surface area contributed by atoms with Crippen LogP contribution in [0.3, 0.4) is 0 Å². The van der Waals surface area contributed by atoms with Crippen LogP contribution in [0, 0.1) is 0 Å².